The Hall–Kier alpha value is -2.11. The molecule has 3 amide bonds. The molecule has 0 unspecified atom stereocenters. The summed E-state index contributed by atoms with van der Waals surface area (Å²) >= 11 is 0. The Labute approximate surface area is 142 Å². The third-order valence-electron chi connectivity index (χ3n) is 5.68. The monoisotopic (exact) mass is 328 g/mol. The Balaban J connectivity index is 1.33. The van der Waals surface area contributed by atoms with Gasteiger partial charge in [0.15, 0.2) is 0 Å². The second kappa shape index (κ2) is 5.46. The third kappa shape index (κ3) is 2.54. The van der Waals surface area contributed by atoms with Gasteiger partial charge < -0.3 is 9.80 Å². The van der Waals surface area contributed by atoms with Crippen LogP contribution < -0.4 is 10.2 Å². The highest BCUT2D eigenvalue weighted by molar-refractivity contribution is 5.96. The number of nitrogens with zero attached hydrogens (tertiary/aromatic N) is 3. The van der Waals surface area contributed by atoms with Crippen LogP contribution in [0.5, 0.6) is 0 Å². The van der Waals surface area contributed by atoms with Crippen molar-refractivity contribution in [3.63, 3.8) is 0 Å². The molecule has 2 aliphatic heterocycles. The van der Waals surface area contributed by atoms with Crippen LogP contribution in [0.4, 0.5) is 10.6 Å². The number of hydrogen-bond donors (Lipinski definition) is 1. The second-order valence-corrected chi connectivity index (χ2v) is 7.82. The molecule has 1 saturated carbocycles. The van der Waals surface area contributed by atoms with Crippen LogP contribution in [0, 0.1) is 5.41 Å². The van der Waals surface area contributed by atoms with E-state index in [0.29, 0.717) is 24.3 Å². The van der Waals surface area contributed by atoms with Crippen molar-refractivity contribution in [1.82, 2.24) is 15.2 Å². The Morgan fingerprint density at radius 3 is 2.71 bits per heavy atom. The van der Waals surface area contributed by atoms with Gasteiger partial charge in [0.05, 0.1) is 0 Å². The molecule has 3 fully saturated rings. The first-order chi connectivity index (χ1) is 11.5. The highest BCUT2D eigenvalue weighted by atomic mass is 16.2. The maximum Gasteiger partial charge on any atom is 0.324 e. The van der Waals surface area contributed by atoms with Gasteiger partial charge in [-0.05, 0) is 36.5 Å². The van der Waals surface area contributed by atoms with Gasteiger partial charge in [-0.15, -0.1) is 0 Å². The molecule has 6 nitrogen and oxygen atoms in total. The topological polar surface area (TPSA) is 65.5 Å². The first-order valence-electron chi connectivity index (χ1n) is 8.77. The summed E-state index contributed by atoms with van der Waals surface area (Å²) < 4.78 is 0. The van der Waals surface area contributed by atoms with Gasteiger partial charge in [-0.3, -0.25) is 10.1 Å². The number of urea groups is 1. The fraction of sp³-hybridized carbons (Fsp3) is 0.611. The summed E-state index contributed by atoms with van der Waals surface area (Å²) in [6, 6.07) is 4.35. The van der Waals surface area contributed by atoms with Crippen molar-refractivity contribution >= 4 is 17.8 Å². The van der Waals surface area contributed by atoms with Crippen molar-refractivity contribution in [3.8, 4) is 0 Å². The fourth-order valence-electron chi connectivity index (χ4n) is 4.24. The molecule has 3 heterocycles. The minimum atomic E-state index is -0.214. The number of pyridine rings is 1. The number of aromatic nitrogens is 1. The zero-order chi connectivity index (χ0) is 16.9. The number of rotatable bonds is 3. The molecule has 24 heavy (non-hydrogen) atoms. The van der Waals surface area contributed by atoms with E-state index in [-0.39, 0.29) is 18.0 Å². The van der Waals surface area contributed by atoms with Gasteiger partial charge in [-0.25, -0.2) is 9.78 Å². The van der Waals surface area contributed by atoms with Gasteiger partial charge in [0.1, 0.15) is 5.82 Å². The molecule has 1 aromatic rings. The van der Waals surface area contributed by atoms with Crippen molar-refractivity contribution < 1.29 is 9.59 Å². The van der Waals surface area contributed by atoms with E-state index < -0.39 is 0 Å². The fourth-order valence-corrected chi connectivity index (χ4v) is 4.24. The maximum atomic E-state index is 11.9. The van der Waals surface area contributed by atoms with Crippen LogP contribution in [0.25, 0.3) is 0 Å². The summed E-state index contributed by atoms with van der Waals surface area (Å²) in [6.45, 7) is 7.00. The van der Waals surface area contributed by atoms with Crippen LogP contribution in [0.15, 0.2) is 18.3 Å². The van der Waals surface area contributed by atoms with Crippen LogP contribution >= 0.6 is 0 Å². The molecular formula is C18H24N4O2. The highest BCUT2D eigenvalue weighted by Gasteiger charge is 2.55. The summed E-state index contributed by atoms with van der Waals surface area (Å²) in [5.74, 6) is 1.42. The molecule has 6 heteroatoms. The number of imide groups is 1. The van der Waals surface area contributed by atoms with E-state index in [4.69, 9.17) is 0 Å². The quantitative estimate of drug-likeness (QED) is 0.923. The van der Waals surface area contributed by atoms with Gasteiger partial charge >= 0.3 is 6.03 Å². The van der Waals surface area contributed by atoms with Crippen LogP contribution in [-0.4, -0.2) is 47.5 Å². The molecule has 0 radical (unpaired) electrons. The van der Waals surface area contributed by atoms with Gasteiger partial charge in [0.2, 0.25) is 5.91 Å². The number of carbonyl (C=O) groups is 2. The summed E-state index contributed by atoms with van der Waals surface area (Å²) in [6.07, 6.45) is 4.39. The zero-order valence-corrected chi connectivity index (χ0v) is 14.3. The van der Waals surface area contributed by atoms with Gasteiger partial charge in [-0.1, -0.05) is 13.8 Å². The summed E-state index contributed by atoms with van der Waals surface area (Å²) in [4.78, 5) is 31.8. The Kier molecular flexibility index (Phi) is 3.51. The van der Waals surface area contributed by atoms with Gasteiger partial charge in [-0.2, -0.15) is 0 Å². The predicted octanol–water partition coefficient (Wildman–Crippen LogP) is 2.12. The number of hydrogen-bond acceptors (Lipinski definition) is 4. The Morgan fingerprint density at radius 2 is 2.04 bits per heavy atom. The molecular weight excluding hydrogens is 304 g/mol. The van der Waals surface area contributed by atoms with E-state index in [2.05, 4.69) is 41.2 Å². The lowest BCUT2D eigenvalue weighted by molar-refractivity contribution is -0.122. The first kappa shape index (κ1) is 15.4. The third-order valence-corrected chi connectivity index (χ3v) is 5.68. The van der Waals surface area contributed by atoms with E-state index >= 15 is 0 Å². The summed E-state index contributed by atoms with van der Waals surface area (Å²) in [7, 11) is 0. The molecule has 1 N–H and O–H groups in total. The predicted molar refractivity (Wildman–Crippen MR) is 90.9 cm³/mol. The summed E-state index contributed by atoms with van der Waals surface area (Å²) in [5, 5.41) is 2.42. The molecule has 3 aliphatic rings. The Morgan fingerprint density at radius 1 is 1.29 bits per heavy atom. The molecule has 2 saturated heterocycles. The average molecular weight is 328 g/mol. The van der Waals surface area contributed by atoms with Crippen LogP contribution in [0.1, 0.15) is 44.6 Å². The lowest BCUT2D eigenvalue weighted by Crippen LogP contribution is -2.69. The van der Waals surface area contributed by atoms with Crippen molar-refractivity contribution in [3.05, 3.63) is 23.9 Å². The van der Waals surface area contributed by atoms with Gasteiger partial charge in [0, 0.05) is 43.7 Å². The molecule has 128 valence electrons. The lowest BCUT2D eigenvalue weighted by atomic mass is 9.60. The number of anilines is 1. The minimum Gasteiger partial charge on any atom is -0.355 e. The largest absolute Gasteiger partial charge is 0.355 e. The number of carbonyl (C=O) groups excluding carboxylic acids is 2. The zero-order valence-electron chi connectivity index (χ0n) is 14.3. The Bertz CT molecular complexity index is 673. The normalized spacial score (nSPS) is 23.3. The number of amides is 3. The number of nitrogens with one attached hydrogen (secondary N) is 1. The van der Waals surface area contributed by atoms with E-state index in [1.165, 1.54) is 5.56 Å². The van der Waals surface area contributed by atoms with E-state index in [1.54, 1.807) is 0 Å². The van der Waals surface area contributed by atoms with Crippen molar-refractivity contribution in [1.29, 1.82) is 0 Å². The van der Waals surface area contributed by atoms with Crippen molar-refractivity contribution in [2.24, 2.45) is 5.41 Å². The van der Waals surface area contributed by atoms with E-state index in [9.17, 15) is 9.59 Å². The molecule has 4 rings (SSSR count). The average Bonchev–Trinajstić information content (AvgIpc) is 2.46. The second-order valence-electron chi connectivity index (χ2n) is 7.82. The van der Waals surface area contributed by atoms with Crippen LogP contribution in [-0.2, 0) is 4.79 Å². The molecule has 1 spiro atoms. The molecule has 0 atom stereocenters. The van der Waals surface area contributed by atoms with Crippen LogP contribution in [0.3, 0.4) is 0 Å². The molecule has 0 bridgehead atoms. The standard InChI is InChI=1S/C18H24N4O2/c1-12(2)13-3-5-19-15(7-13)21-10-18(11-21)8-14(9-18)22-6-4-16(23)20-17(22)24/h3,5,7,12,14H,4,6,8-11H2,1-2H3,(H,20,23,24). The lowest BCUT2D eigenvalue weighted by Gasteiger charge is -2.61. The minimum absolute atomic E-state index is 0.156. The van der Waals surface area contributed by atoms with E-state index in [1.807, 2.05) is 11.1 Å². The maximum absolute atomic E-state index is 11.9. The van der Waals surface area contributed by atoms with Crippen molar-refractivity contribution in [2.75, 3.05) is 24.5 Å². The van der Waals surface area contributed by atoms with E-state index in [0.717, 1.165) is 31.7 Å². The summed E-state index contributed by atoms with van der Waals surface area (Å²) in [5.41, 5.74) is 1.66. The molecule has 0 aromatic carbocycles. The SMILES string of the molecule is CC(C)c1ccnc(N2CC3(CC(N4CCC(=O)NC4=O)C3)C2)c1. The smallest absolute Gasteiger partial charge is 0.324 e. The molecule has 1 aromatic heterocycles. The van der Waals surface area contributed by atoms with Gasteiger partial charge in [0.25, 0.3) is 0 Å². The first-order valence-corrected chi connectivity index (χ1v) is 8.77. The molecule has 1 aliphatic carbocycles. The highest BCUT2D eigenvalue weighted by Crippen LogP contribution is 2.51. The van der Waals surface area contributed by atoms with Crippen LogP contribution in [0.2, 0.25) is 0 Å². The van der Waals surface area contributed by atoms with Crippen molar-refractivity contribution in [2.45, 2.75) is 45.1 Å².